The molecule has 2 aliphatic rings. The summed E-state index contributed by atoms with van der Waals surface area (Å²) in [4.78, 5) is 35.1. The van der Waals surface area contributed by atoms with Crippen molar-refractivity contribution in [3.63, 3.8) is 0 Å². The number of pyridine rings is 1. The van der Waals surface area contributed by atoms with Gasteiger partial charge in [-0.1, -0.05) is 39.0 Å². The van der Waals surface area contributed by atoms with Gasteiger partial charge in [0.1, 0.15) is 12.1 Å². The van der Waals surface area contributed by atoms with Crippen LogP contribution in [0.1, 0.15) is 75.6 Å². The molecule has 2 fully saturated rings. The molecule has 8 nitrogen and oxygen atoms in total. The summed E-state index contributed by atoms with van der Waals surface area (Å²) in [6.07, 6.45) is 3.94. The molecule has 1 unspecified atom stereocenters. The van der Waals surface area contributed by atoms with E-state index in [1.165, 1.54) is 16.0 Å². The highest BCUT2D eigenvalue weighted by molar-refractivity contribution is 6.04. The van der Waals surface area contributed by atoms with E-state index in [2.05, 4.69) is 31.1 Å². The summed E-state index contributed by atoms with van der Waals surface area (Å²) in [5.74, 6) is -3.78. The molecule has 1 aromatic carbocycles. The highest BCUT2D eigenvalue weighted by atomic mass is 19.3. The molecule has 4 rings (SSSR count). The van der Waals surface area contributed by atoms with Crippen molar-refractivity contribution in [3.05, 3.63) is 59.4 Å². The van der Waals surface area contributed by atoms with Crippen LogP contribution >= 0.6 is 0 Å². The lowest BCUT2D eigenvalue weighted by Crippen LogP contribution is -2.52. The molecule has 40 heavy (non-hydrogen) atoms. The van der Waals surface area contributed by atoms with Crippen LogP contribution in [0.25, 0.3) is 0 Å². The van der Waals surface area contributed by atoms with Gasteiger partial charge in [-0.15, -0.1) is 0 Å². The van der Waals surface area contributed by atoms with Gasteiger partial charge >= 0.3 is 0 Å². The number of alkyl halides is 2. The van der Waals surface area contributed by atoms with E-state index in [4.69, 9.17) is 0 Å². The molecule has 214 valence electrons. The normalized spacial score (nSPS) is 21.9. The Balaban J connectivity index is 1.78. The smallest absolute Gasteiger partial charge is 0.251 e. The van der Waals surface area contributed by atoms with Crippen molar-refractivity contribution in [1.82, 2.24) is 15.2 Å². The third kappa shape index (κ3) is 6.58. The Bertz CT molecular complexity index is 1260. The van der Waals surface area contributed by atoms with Crippen LogP contribution in [0.15, 0.2) is 42.7 Å². The zero-order valence-corrected chi connectivity index (χ0v) is 23.4. The largest absolute Gasteiger partial charge is 0.391 e. The van der Waals surface area contributed by atoms with Gasteiger partial charge in [-0.3, -0.25) is 24.4 Å². The molecule has 1 aliphatic heterocycles. The van der Waals surface area contributed by atoms with E-state index >= 15 is 0 Å². The van der Waals surface area contributed by atoms with E-state index in [1.54, 1.807) is 24.4 Å². The van der Waals surface area contributed by atoms with Crippen LogP contribution in [0, 0.1) is 18.4 Å². The number of aryl methyl sites for hydroxylation is 1. The van der Waals surface area contributed by atoms with Crippen LogP contribution in [0.3, 0.4) is 0 Å². The van der Waals surface area contributed by atoms with Crippen molar-refractivity contribution in [2.45, 2.75) is 95.4 Å². The van der Waals surface area contributed by atoms with Crippen LogP contribution in [-0.4, -0.2) is 57.5 Å². The highest BCUT2D eigenvalue weighted by Crippen LogP contribution is 2.36. The summed E-state index contributed by atoms with van der Waals surface area (Å²) in [6.45, 7) is 8.04. The first-order chi connectivity index (χ1) is 18.8. The van der Waals surface area contributed by atoms with E-state index in [1.807, 2.05) is 25.2 Å². The van der Waals surface area contributed by atoms with E-state index in [9.17, 15) is 28.7 Å². The van der Waals surface area contributed by atoms with Crippen molar-refractivity contribution >= 4 is 17.5 Å². The minimum atomic E-state index is -2.75. The second kappa shape index (κ2) is 11.5. The summed E-state index contributed by atoms with van der Waals surface area (Å²) in [5.41, 5.74) is 2.54. The fraction of sp³-hybridized carbons (Fsp3) is 0.533. The number of aromatic nitrogens is 1. The number of β-amino-alcohol motifs (C(OH)–C–C–N with tert-alkyl or cyclic N) is 1. The Kier molecular flexibility index (Phi) is 8.45. The standard InChI is InChI=1S/C30H37F2N5O3/c1-19-13-20(16-34-15-19)26(27(39)35-22-9-11-30(31,32)12-10-22)37(23-7-5-21(6-8-23)29(2,3)4)28(40)25-14-24(38)17-36(25)18-33/h5-8,13,15-16,22,24-26,38H,9-12,14,17H2,1-4H3,(H,35,39)/t24-,25-,26?/m1/s1. The van der Waals surface area contributed by atoms with Crippen LogP contribution in [0.2, 0.25) is 0 Å². The number of nitriles is 1. The first kappa shape index (κ1) is 29.4. The number of amides is 2. The Morgan fingerprint density at radius 2 is 1.85 bits per heavy atom. The average Bonchev–Trinajstić information content (AvgIpc) is 3.28. The summed E-state index contributed by atoms with van der Waals surface area (Å²) >= 11 is 0. The molecular weight excluding hydrogens is 516 g/mol. The Labute approximate surface area is 234 Å². The number of likely N-dealkylation sites (tertiary alicyclic amines) is 1. The van der Waals surface area contributed by atoms with Gasteiger partial charge in [-0.2, -0.15) is 5.26 Å². The molecular formula is C30H37F2N5O3. The lowest BCUT2D eigenvalue weighted by atomic mass is 9.87. The number of carbonyl (C=O) groups excluding carboxylic acids is 2. The summed E-state index contributed by atoms with van der Waals surface area (Å²) in [6, 6.07) is 6.49. The fourth-order valence-corrected chi connectivity index (χ4v) is 5.45. The molecule has 0 radical (unpaired) electrons. The molecule has 1 saturated carbocycles. The van der Waals surface area contributed by atoms with E-state index in [-0.39, 0.29) is 44.1 Å². The third-order valence-electron chi connectivity index (χ3n) is 7.72. The number of hydrogen-bond donors (Lipinski definition) is 2. The van der Waals surface area contributed by atoms with Crippen LogP contribution < -0.4 is 10.2 Å². The van der Waals surface area contributed by atoms with Gasteiger partial charge < -0.3 is 10.4 Å². The number of benzene rings is 1. The van der Waals surface area contributed by atoms with Crippen molar-refractivity contribution in [3.8, 4) is 6.19 Å². The number of aliphatic hydroxyl groups excluding tert-OH is 1. The minimum Gasteiger partial charge on any atom is -0.391 e. The molecule has 3 atom stereocenters. The third-order valence-corrected chi connectivity index (χ3v) is 7.72. The Morgan fingerprint density at radius 1 is 1.20 bits per heavy atom. The van der Waals surface area contributed by atoms with E-state index in [0.717, 1.165) is 11.1 Å². The van der Waals surface area contributed by atoms with Crippen LogP contribution in [0.5, 0.6) is 0 Å². The number of hydrogen-bond acceptors (Lipinski definition) is 6. The van der Waals surface area contributed by atoms with Crippen molar-refractivity contribution < 1.29 is 23.5 Å². The number of carbonyl (C=O) groups is 2. The van der Waals surface area contributed by atoms with Crippen LogP contribution in [0.4, 0.5) is 14.5 Å². The van der Waals surface area contributed by atoms with E-state index in [0.29, 0.717) is 11.3 Å². The predicted octanol–water partition coefficient (Wildman–Crippen LogP) is 4.37. The second-order valence-corrected chi connectivity index (χ2v) is 12.0. The monoisotopic (exact) mass is 553 g/mol. The highest BCUT2D eigenvalue weighted by Gasteiger charge is 2.44. The maximum absolute atomic E-state index is 14.2. The molecule has 0 spiro atoms. The molecule has 0 bridgehead atoms. The van der Waals surface area contributed by atoms with Crippen LogP contribution in [-0.2, 0) is 15.0 Å². The number of rotatable bonds is 6. The van der Waals surface area contributed by atoms with Gasteiger partial charge in [0.15, 0.2) is 6.19 Å². The zero-order chi connectivity index (χ0) is 29.2. The van der Waals surface area contributed by atoms with Gasteiger partial charge in [0.25, 0.3) is 5.91 Å². The number of aliphatic hydroxyl groups is 1. The molecule has 2 heterocycles. The summed E-state index contributed by atoms with van der Waals surface area (Å²) in [7, 11) is 0. The van der Waals surface area contributed by atoms with Crippen molar-refractivity contribution in [1.29, 1.82) is 5.26 Å². The predicted molar refractivity (Wildman–Crippen MR) is 146 cm³/mol. The van der Waals surface area contributed by atoms with Gasteiger partial charge in [-0.05, 0) is 48.4 Å². The first-order valence-electron chi connectivity index (χ1n) is 13.7. The number of anilines is 1. The summed E-state index contributed by atoms with van der Waals surface area (Å²) in [5, 5.41) is 22.9. The molecule has 1 saturated heterocycles. The van der Waals surface area contributed by atoms with Crippen molar-refractivity contribution in [2.24, 2.45) is 0 Å². The van der Waals surface area contributed by atoms with Gasteiger partial charge in [0.2, 0.25) is 11.8 Å². The lowest BCUT2D eigenvalue weighted by Gasteiger charge is -2.36. The van der Waals surface area contributed by atoms with Crippen molar-refractivity contribution in [2.75, 3.05) is 11.4 Å². The molecule has 2 amide bonds. The fourth-order valence-electron chi connectivity index (χ4n) is 5.45. The first-order valence-corrected chi connectivity index (χ1v) is 13.7. The average molecular weight is 554 g/mol. The van der Waals surface area contributed by atoms with Gasteiger partial charge in [-0.25, -0.2) is 8.78 Å². The van der Waals surface area contributed by atoms with Gasteiger partial charge in [0.05, 0.1) is 12.6 Å². The molecule has 10 heteroatoms. The van der Waals surface area contributed by atoms with Gasteiger partial charge in [0, 0.05) is 48.9 Å². The maximum atomic E-state index is 14.2. The summed E-state index contributed by atoms with van der Waals surface area (Å²) < 4.78 is 27.6. The maximum Gasteiger partial charge on any atom is 0.251 e. The molecule has 2 aromatic rings. The minimum absolute atomic E-state index is 0.0167. The second-order valence-electron chi connectivity index (χ2n) is 12.0. The lowest BCUT2D eigenvalue weighted by molar-refractivity contribution is -0.129. The molecule has 1 aromatic heterocycles. The van der Waals surface area contributed by atoms with E-state index < -0.39 is 42.0 Å². The molecule has 1 aliphatic carbocycles. The number of nitrogens with one attached hydrogen (secondary N) is 1. The topological polar surface area (TPSA) is 110 Å². The Hall–Kier alpha value is -3.58. The number of halogens is 2. The quantitative estimate of drug-likeness (QED) is 0.514. The Morgan fingerprint density at radius 3 is 2.42 bits per heavy atom. The molecule has 2 N–H and O–H groups in total. The zero-order valence-electron chi connectivity index (χ0n) is 23.4. The number of nitrogens with zero attached hydrogens (tertiary/aromatic N) is 4. The SMILES string of the molecule is Cc1cncc(C(C(=O)NC2CCC(F)(F)CC2)N(C(=O)[C@H]2C[C@@H](O)CN2C#N)c2ccc(C(C)(C)C)cc2)c1.